The van der Waals surface area contributed by atoms with Crippen LogP contribution in [-0.4, -0.2) is 23.0 Å². The van der Waals surface area contributed by atoms with E-state index in [1.54, 1.807) is 12.3 Å². The average Bonchev–Trinajstić information content (AvgIpc) is 3.28. The van der Waals surface area contributed by atoms with Gasteiger partial charge in [-0.2, -0.15) is 13.2 Å². The molecule has 174 valence electrons. The minimum Gasteiger partial charge on any atom is -0.482 e. The molecule has 2 aromatic carbocycles. The maximum atomic E-state index is 14.0. The summed E-state index contributed by atoms with van der Waals surface area (Å²) in [6, 6.07) is 12.9. The number of nitrogens with two attached hydrogens (primary N) is 1. The molecule has 4 nitrogen and oxygen atoms in total. The van der Waals surface area contributed by atoms with Crippen LogP contribution in [0.2, 0.25) is 0 Å². The van der Waals surface area contributed by atoms with Crippen LogP contribution in [0.25, 0.3) is 11.1 Å². The van der Waals surface area contributed by atoms with Crippen molar-refractivity contribution >= 4 is 5.82 Å². The summed E-state index contributed by atoms with van der Waals surface area (Å²) in [5.41, 5.74) is 7.09. The molecule has 8 heteroatoms. The Morgan fingerprint density at radius 3 is 2.42 bits per heavy atom. The number of hydrogen-bond donors (Lipinski definition) is 1. The van der Waals surface area contributed by atoms with Crippen molar-refractivity contribution in [3.05, 3.63) is 77.2 Å². The van der Waals surface area contributed by atoms with Gasteiger partial charge in [-0.1, -0.05) is 36.4 Å². The number of likely N-dealkylation sites (tertiary alicyclic amines) is 1. The minimum atomic E-state index is -4.85. The number of aromatic nitrogens is 1. The molecule has 0 amide bonds. The van der Waals surface area contributed by atoms with Gasteiger partial charge in [0.25, 0.3) is 0 Å². The average molecular weight is 459 g/mol. The topological polar surface area (TPSA) is 51.4 Å². The van der Waals surface area contributed by atoms with Gasteiger partial charge in [0.2, 0.25) is 0 Å². The lowest BCUT2D eigenvalue weighted by Gasteiger charge is -2.21. The van der Waals surface area contributed by atoms with E-state index in [0.717, 1.165) is 36.8 Å². The fourth-order valence-corrected chi connectivity index (χ4v) is 4.14. The number of pyridine rings is 1. The Labute approximate surface area is 190 Å². The Morgan fingerprint density at radius 1 is 1.06 bits per heavy atom. The van der Waals surface area contributed by atoms with Gasteiger partial charge in [-0.3, -0.25) is 4.90 Å². The molecule has 0 unspecified atom stereocenters. The molecular weight excluding hydrogens is 434 g/mol. The van der Waals surface area contributed by atoms with Crippen molar-refractivity contribution in [2.45, 2.75) is 38.6 Å². The molecule has 0 radical (unpaired) electrons. The van der Waals surface area contributed by atoms with Crippen molar-refractivity contribution in [2.24, 2.45) is 0 Å². The molecule has 1 aliphatic rings. The summed E-state index contributed by atoms with van der Waals surface area (Å²) < 4.78 is 59.9. The Balaban J connectivity index is 1.55. The zero-order valence-electron chi connectivity index (χ0n) is 18.2. The highest BCUT2D eigenvalue weighted by Gasteiger charge is 2.38. The fourth-order valence-electron chi connectivity index (χ4n) is 4.14. The number of benzene rings is 2. The third-order valence-corrected chi connectivity index (χ3v) is 5.84. The van der Waals surface area contributed by atoms with Gasteiger partial charge >= 0.3 is 6.18 Å². The van der Waals surface area contributed by atoms with Crippen molar-refractivity contribution < 1.29 is 22.3 Å². The molecule has 0 aliphatic carbocycles. The van der Waals surface area contributed by atoms with E-state index in [0.29, 0.717) is 0 Å². The lowest BCUT2D eigenvalue weighted by Crippen LogP contribution is -2.18. The monoisotopic (exact) mass is 459 g/mol. The summed E-state index contributed by atoms with van der Waals surface area (Å²) in [6.45, 7) is 4.55. The van der Waals surface area contributed by atoms with E-state index in [2.05, 4.69) is 22.0 Å². The van der Waals surface area contributed by atoms with Crippen LogP contribution in [0.4, 0.5) is 23.4 Å². The van der Waals surface area contributed by atoms with E-state index in [1.165, 1.54) is 37.5 Å². The van der Waals surface area contributed by atoms with Crippen molar-refractivity contribution in [1.82, 2.24) is 9.88 Å². The first-order valence-corrected chi connectivity index (χ1v) is 10.8. The van der Waals surface area contributed by atoms with E-state index in [9.17, 15) is 17.6 Å². The van der Waals surface area contributed by atoms with Gasteiger partial charge in [0.05, 0.1) is 5.56 Å². The maximum Gasteiger partial charge on any atom is 0.419 e. The van der Waals surface area contributed by atoms with Gasteiger partial charge in [0.15, 0.2) is 11.6 Å². The molecule has 1 saturated heterocycles. The van der Waals surface area contributed by atoms with Crippen molar-refractivity contribution in [3.8, 4) is 16.9 Å². The third kappa shape index (κ3) is 5.27. The maximum absolute atomic E-state index is 14.0. The third-order valence-electron chi connectivity index (χ3n) is 5.84. The molecule has 2 N–H and O–H groups in total. The SMILES string of the molecule is C[C@@H](Oc1cc(-c2ccc(CN3CCCC3)cc2)cnc1N)c1cccc(F)c1C(F)(F)F. The van der Waals surface area contributed by atoms with E-state index in [4.69, 9.17) is 10.5 Å². The quantitative estimate of drug-likeness (QED) is 0.445. The van der Waals surface area contributed by atoms with E-state index in [1.807, 2.05) is 12.1 Å². The van der Waals surface area contributed by atoms with Crippen molar-refractivity contribution in [1.29, 1.82) is 0 Å². The molecule has 1 fully saturated rings. The molecule has 2 heterocycles. The van der Waals surface area contributed by atoms with Crippen LogP contribution in [0.5, 0.6) is 5.75 Å². The van der Waals surface area contributed by atoms with Gasteiger partial charge in [0.1, 0.15) is 11.9 Å². The van der Waals surface area contributed by atoms with Crippen molar-refractivity contribution in [3.63, 3.8) is 0 Å². The number of nitrogens with zero attached hydrogens (tertiary/aromatic N) is 2. The molecule has 0 saturated carbocycles. The summed E-state index contributed by atoms with van der Waals surface area (Å²) in [4.78, 5) is 6.56. The second-order valence-electron chi connectivity index (χ2n) is 8.25. The summed E-state index contributed by atoms with van der Waals surface area (Å²) >= 11 is 0. The second kappa shape index (κ2) is 9.39. The number of ether oxygens (including phenoxy) is 1. The lowest BCUT2D eigenvalue weighted by molar-refractivity contribution is -0.141. The highest BCUT2D eigenvalue weighted by Crippen LogP contribution is 2.38. The van der Waals surface area contributed by atoms with Gasteiger partial charge in [0, 0.05) is 23.9 Å². The molecular formula is C25H25F4N3O. The first kappa shape index (κ1) is 23.0. The lowest BCUT2D eigenvalue weighted by atomic mass is 10.0. The zero-order chi connectivity index (χ0) is 23.6. The van der Waals surface area contributed by atoms with Gasteiger partial charge in [-0.05, 0) is 56.1 Å². The number of anilines is 1. The first-order chi connectivity index (χ1) is 15.7. The molecule has 1 aromatic heterocycles. The molecule has 4 rings (SSSR count). The highest BCUT2D eigenvalue weighted by molar-refractivity contribution is 5.67. The van der Waals surface area contributed by atoms with Crippen LogP contribution in [-0.2, 0) is 12.7 Å². The van der Waals surface area contributed by atoms with Gasteiger partial charge in [-0.25, -0.2) is 9.37 Å². The Bertz CT molecular complexity index is 1110. The number of alkyl halides is 3. The Hall–Kier alpha value is -3.13. The van der Waals surface area contributed by atoms with Crippen LogP contribution in [0.1, 0.15) is 42.6 Å². The normalized spacial score (nSPS) is 15.5. The van der Waals surface area contributed by atoms with E-state index in [-0.39, 0.29) is 17.1 Å². The standard InChI is InChI=1S/C25H25F4N3O/c1-16(20-5-4-6-21(26)23(20)25(27,28)29)33-22-13-19(14-31-24(22)30)18-9-7-17(8-10-18)15-32-11-2-3-12-32/h4-10,13-14,16H,2-3,11-12,15H2,1H3,(H2,30,31)/t16-/m1/s1. The van der Waals surface area contributed by atoms with Crippen LogP contribution in [0.15, 0.2) is 54.7 Å². The molecule has 1 aliphatic heterocycles. The van der Waals surface area contributed by atoms with Gasteiger partial charge < -0.3 is 10.5 Å². The van der Waals surface area contributed by atoms with Crippen molar-refractivity contribution in [2.75, 3.05) is 18.8 Å². The molecule has 1 atom stereocenters. The summed E-state index contributed by atoms with van der Waals surface area (Å²) in [6.07, 6.45) is -1.89. The Kier molecular flexibility index (Phi) is 6.56. The summed E-state index contributed by atoms with van der Waals surface area (Å²) in [5, 5.41) is 0. The second-order valence-corrected chi connectivity index (χ2v) is 8.25. The minimum absolute atomic E-state index is 0.0428. The molecule has 0 spiro atoms. The van der Waals surface area contributed by atoms with E-state index < -0.39 is 23.7 Å². The largest absolute Gasteiger partial charge is 0.482 e. The summed E-state index contributed by atoms with van der Waals surface area (Å²) in [5.74, 6) is -1.16. The van der Waals surface area contributed by atoms with Crippen LogP contribution in [0.3, 0.4) is 0 Å². The smallest absolute Gasteiger partial charge is 0.419 e. The zero-order valence-corrected chi connectivity index (χ0v) is 18.2. The predicted molar refractivity (Wildman–Crippen MR) is 119 cm³/mol. The first-order valence-electron chi connectivity index (χ1n) is 10.8. The molecule has 0 bridgehead atoms. The van der Waals surface area contributed by atoms with Gasteiger partial charge in [-0.15, -0.1) is 0 Å². The highest BCUT2D eigenvalue weighted by atomic mass is 19.4. The molecule has 3 aromatic rings. The number of hydrogen-bond acceptors (Lipinski definition) is 4. The van der Waals surface area contributed by atoms with Crippen LogP contribution >= 0.6 is 0 Å². The van der Waals surface area contributed by atoms with E-state index >= 15 is 0 Å². The number of nitrogen functional groups attached to an aromatic ring is 1. The summed E-state index contributed by atoms with van der Waals surface area (Å²) in [7, 11) is 0. The number of halogens is 4. The fraction of sp³-hybridized carbons (Fsp3) is 0.320. The Morgan fingerprint density at radius 2 is 1.76 bits per heavy atom. The number of rotatable bonds is 6. The molecule has 33 heavy (non-hydrogen) atoms. The van der Waals surface area contributed by atoms with Crippen LogP contribution in [0, 0.1) is 5.82 Å². The van der Waals surface area contributed by atoms with Crippen LogP contribution < -0.4 is 10.5 Å². The predicted octanol–water partition coefficient (Wildman–Crippen LogP) is 6.22.